The van der Waals surface area contributed by atoms with Crippen molar-refractivity contribution in [3.05, 3.63) is 71.8 Å². The van der Waals surface area contributed by atoms with E-state index in [9.17, 15) is 4.39 Å². The van der Waals surface area contributed by atoms with Gasteiger partial charge in [-0.05, 0) is 30.7 Å². The van der Waals surface area contributed by atoms with Gasteiger partial charge < -0.3 is 4.74 Å². The minimum Gasteiger partial charge on any atom is -0.470 e. The monoisotopic (exact) mass is 308 g/mol. The van der Waals surface area contributed by atoms with Crippen LogP contribution in [-0.2, 0) is 0 Å². The molecule has 0 bridgehead atoms. The van der Waals surface area contributed by atoms with Gasteiger partial charge in [0.15, 0.2) is 5.82 Å². The van der Waals surface area contributed by atoms with Crippen molar-refractivity contribution in [2.45, 2.75) is 13.0 Å². The molecular weight excluding hydrogens is 295 g/mol. The van der Waals surface area contributed by atoms with E-state index in [0.29, 0.717) is 17.3 Å². The van der Waals surface area contributed by atoms with Crippen LogP contribution in [0.4, 0.5) is 4.39 Å². The Kier molecular flexibility index (Phi) is 4.02. The van der Waals surface area contributed by atoms with Crippen molar-refractivity contribution < 1.29 is 9.13 Å². The molecule has 0 saturated carbocycles. The first-order valence-electron chi connectivity index (χ1n) is 7.00. The van der Waals surface area contributed by atoms with Crippen LogP contribution in [0.3, 0.4) is 0 Å². The molecule has 1 atom stereocenters. The van der Waals surface area contributed by atoms with E-state index in [1.54, 1.807) is 42.7 Å². The van der Waals surface area contributed by atoms with E-state index in [4.69, 9.17) is 10.00 Å². The van der Waals surface area contributed by atoms with Gasteiger partial charge in [0, 0.05) is 18.3 Å². The first-order chi connectivity index (χ1) is 11.2. The average molecular weight is 308 g/mol. The number of ether oxygens (including phenoxy) is 1. The van der Waals surface area contributed by atoms with Gasteiger partial charge in [0.2, 0.25) is 5.88 Å². The lowest BCUT2D eigenvalue weighted by molar-refractivity contribution is 0.210. The van der Waals surface area contributed by atoms with E-state index in [1.165, 1.54) is 16.8 Å². The maximum Gasteiger partial charge on any atom is 0.218 e. The zero-order chi connectivity index (χ0) is 16.2. The van der Waals surface area contributed by atoms with Crippen LogP contribution in [0.1, 0.15) is 24.2 Å². The van der Waals surface area contributed by atoms with Crippen LogP contribution in [0, 0.1) is 17.1 Å². The Hall–Kier alpha value is -3.20. The topological polar surface area (TPSA) is 63.7 Å². The molecule has 5 nitrogen and oxygen atoms in total. The van der Waals surface area contributed by atoms with Gasteiger partial charge in [0.1, 0.15) is 11.9 Å². The lowest BCUT2D eigenvalue weighted by atomic mass is 10.1. The Labute approximate surface area is 132 Å². The molecule has 1 unspecified atom stereocenters. The van der Waals surface area contributed by atoms with Crippen molar-refractivity contribution in [2.75, 3.05) is 0 Å². The zero-order valence-electron chi connectivity index (χ0n) is 12.3. The summed E-state index contributed by atoms with van der Waals surface area (Å²) in [5.41, 5.74) is 1.33. The largest absolute Gasteiger partial charge is 0.470 e. The Morgan fingerprint density at radius 3 is 2.70 bits per heavy atom. The molecule has 2 aromatic heterocycles. The van der Waals surface area contributed by atoms with Crippen molar-refractivity contribution in [3.63, 3.8) is 0 Å². The summed E-state index contributed by atoms with van der Waals surface area (Å²) in [4.78, 5) is 4.20. The van der Waals surface area contributed by atoms with Crippen molar-refractivity contribution in [1.82, 2.24) is 14.8 Å². The Morgan fingerprint density at radius 2 is 1.96 bits per heavy atom. The second kappa shape index (κ2) is 6.28. The Balaban J connectivity index is 1.86. The minimum absolute atomic E-state index is 0.287. The van der Waals surface area contributed by atoms with Crippen molar-refractivity contribution in [2.24, 2.45) is 0 Å². The lowest BCUT2D eigenvalue weighted by Crippen LogP contribution is -2.08. The van der Waals surface area contributed by atoms with Crippen molar-refractivity contribution in [1.29, 1.82) is 5.26 Å². The van der Waals surface area contributed by atoms with Crippen molar-refractivity contribution in [3.8, 4) is 17.8 Å². The maximum absolute atomic E-state index is 13.0. The molecule has 0 spiro atoms. The van der Waals surface area contributed by atoms with Gasteiger partial charge in [-0.15, -0.1) is 0 Å². The standard InChI is InChI=1S/C17H13FN4O/c1-12(14-2-4-15(18)5-3-14)23-17-7-9-21-22(17)16-10-13(11-19)6-8-20-16/h2-10,12H,1H3. The summed E-state index contributed by atoms with van der Waals surface area (Å²) in [5, 5.41) is 13.2. The smallest absolute Gasteiger partial charge is 0.218 e. The van der Waals surface area contributed by atoms with E-state index in [2.05, 4.69) is 16.2 Å². The highest BCUT2D eigenvalue weighted by Gasteiger charge is 2.13. The summed E-state index contributed by atoms with van der Waals surface area (Å²) in [6.07, 6.45) is 2.85. The molecule has 0 radical (unpaired) electrons. The summed E-state index contributed by atoms with van der Waals surface area (Å²) in [6, 6.07) is 13.2. The van der Waals surface area contributed by atoms with Crippen LogP contribution in [0.25, 0.3) is 5.82 Å². The van der Waals surface area contributed by atoms with Crippen LogP contribution in [0.15, 0.2) is 54.9 Å². The molecule has 0 aliphatic heterocycles. The van der Waals surface area contributed by atoms with Gasteiger partial charge in [-0.25, -0.2) is 9.37 Å². The van der Waals surface area contributed by atoms with Gasteiger partial charge >= 0.3 is 0 Å². The maximum atomic E-state index is 13.0. The molecule has 3 aromatic rings. The third-order valence-electron chi connectivity index (χ3n) is 3.34. The molecule has 114 valence electrons. The molecule has 0 amide bonds. The summed E-state index contributed by atoms with van der Waals surface area (Å²) in [6.45, 7) is 1.86. The first-order valence-corrected chi connectivity index (χ1v) is 7.00. The van der Waals surface area contributed by atoms with Gasteiger partial charge in [0.25, 0.3) is 0 Å². The predicted molar refractivity (Wildman–Crippen MR) is 81.5 cm³/mol. The molecule has 6 heteroatoms. The normalized spacial score (nSPS) is 11.7. The number of nitrogens with zero attached hydrogens (tertiary/aromatic N) is 4. The average Bonchev–Trinajstić information content (AvgIpc) is 3.03. The molecular formula is C17H13FN4O. The third-order valence-corrected chi connectivity index (χ3v) is 3.34. The van der Waals surface area contributed by atoms with Crippen molar-refractivity contribution >= 4 is 0 Å². The van der Waals surface area contributed by atoms with E-state index in [-0.39, 0.29) is 11.9 Å². The molecule has 0 fully saturated rings. The SMILES string of the molecule is CC(Oc1ccnn1-c1cc(C#N)ccn1)c1ccc(F)cc1. The van der Waals surface area contributed by atoms with Crippen LogP contribution in [0.2, 0.25) is 0 Å². The van der Waals surface area contributed by atoms with Gasteiger partial charge in [-0.1, -0.05) is 12.1 Å². The number of hydrogen-bond acceptors (Lipinski definition) is 4. The quantitative estimate of drug-likeness (QED) is 0.741. The molecule has 0 aliphatic carbocycles. The number of pyridine rings is 1. The fourth-order valence-electron chi connectivity index (χ4n) is 2.14. The highest BCUT2D eigenvalue weighted by atomic mass is 19.1. The van der Waals surface area contributed by atoms with E-state index in [1.807, 2.05) is 6.92 Å². The summed E-state index contributed by atoms with van der Waals surface area (Å²) in [7, 11) is 0. The molecule has 23 heavy (non-hydrogen) atoms. The molecule has 0 aliphatic rings. The molecule has 0 saturated heterocycles. The minimum atomic E-state index is -0.288. The molecule has 3 rings (SSSR count). The predicted octanol–water partition coefficient (Wildman–Crippen LogP) is 3.42. The molecule has 0 N–H and O–H groups in total. The Bertz CT molecular complexity index is 852. The van der Waals surface area contributed by atoms with E-state index < -0.39 is 0 Å². The highest BCUT2D eigenvalue weighted by molar-refractivity contribution is 5.37. The van der Waals surface area contributed by atoms with E-state index >= 15 is 0 Å². The van der Waals surface area contributed by atoms with Crippen LogP contribution in [0.5, 0.6) is 5.88 Å². The summed E-state index contributed by atoms with van der Waals surface area (Å²) >= 11 is 0. The number of benzene rings is 1. The lowest BCUT2D eigenvalue weighted by Gasteiger charge is -2.15. The number of aromatic nitrogens is 3. The number of nitriles is 1. The first kappa shape index (κ1) is 14.7. The number of hydrogen-bond donors (Lipinski definition) is 0. The third kappa shape index (κ3) is 3.19. The molecule has 1 aromatic carbocycles. The second-order valence-corrected chi connectivity index (χ2v) is 4.91. The zero-order valence-corrected chi connectivity index (χ0v) is 12.3. The molecule has 2 heterocycles. The van der Waals surface area contributed by atoms with Gasteiger partial charge in [-0.3, -0.25) is 0 Å². The van der Waals surface area contributed by atoms with Gasteiger partial charge in [0.05, 0.1) is 17.8 Å². The fourth-order valence-corrected chi connectivity index (χ4v) is 2.14. The van der Waals surface area contributed by atoms with Crippen LogP contribution < -0.4 is 4.74 Å². The second-order valence-electron chi connectivity index (χ2n) is 4.91. The van der Waals surface area contributed by atoms with Gasteiger partial charge in [-0.2, -0.15) is 15.0 Å². The number of halogens is 1. The summed E-state index contributed by atoms with van der Waals surface area (Å²) < 4.78 is 20.4. The van der Waals surface area contributed by atoms with Crippen LogP contribution >= 0.6 is 0 Å². The van der Waals surface area contributed by atoms with Crippen LogP contribution in [-0.4, -0.2) is 14.8 Å². The summed E-state index contributed by atoms with van der Waals surface area (Å²) in [5.74, 6) is 0.697. The fraction of sp³-hybridized carbons (Fsp3) is 0.118. The highest BCUT2D eigenvalue weighted by Crippen LogP contribution is 2.23. The van der Waals surface area contributed by atoms with E-state index in [0.717, 1.165) is 5.56 Å². The number of rotatable bonds is 4. The Morgan fingerprint density at radius 1 is 1.17 bits per heavy atom.